The summed E-state index contributed by atoms with van der Waals surface area (Å²) in [4.78, 5) is 19.7. The normalized spacial score (nSPS) is 10.2. The summed E-state index contributed by atoms with van der Waals surface area (Å²) >= 11 is 5.59. The zero-order valence-corrected chi connectivity index (χ0v) is 10.2. The fourth-order valence-corrected chi connectivity index (χ4v) is 0.751. The van der Waals surface area contributed by atoms with Crippen LogP contribution >= 0.6 is 11.6 Å². The summed E-state index contributed by atoms with van der Waals surface area (Å²) in [6.07, 6.45) is 0.738. The van der Waals surface area contributed by atoms with Crippen molar-refractivity contribution in [1.29, 1.82) is 0 Å². The smallest absolute Gasteiger partial charge is 0.320 e. The quantitative estimate of drug-likeness (QED) is 0.640. The van der Waals surface area contributed by atoms with Crippen molar-refractivity contribution in [2.45, 2.75) is 13.0 Å². The number of benzene rings is 1. The molecule has 0 aliphatic rings. The molecule has 16 heavy (non-hydrogen) atoms. The van der Waals surface area contributed by atoms with Gasteiger partial charge in [-0.15, -0.1) is 0 Å². The van der Waals surface area contributed by atoms with Crippen LogP contribution in [-0.4, -0.2) is 23.4 Å². The van der Waals surface area contributed by atoms with Crippen LogP contribution in [0.2, 0.25) is 5.02 Å². The first-order valence-corrected chi connectivity index (χ1v) is 4.55. The third kappa shape index (κ3) is 7.42. The molecule has 4 nitrogen and oxygen atoms in total. The molecule has 1 rings (SSSR count). The number of halogens is 1. The van der Waals surface area contributed by atoms with Gasteiger partial charge in [-0.25, -0.2) is 0 Å². The summed E-state index contributed by atoms with van der Waals surface area (Å²) < 4.78 is 0. The number of nitrogens with two attached hydrogens (primary N) is 1. The number of carboxylic acid groups (broad SMARTS) is 1. The van der Waals surface area contributed by atoms with Crippen LogP contribution in [0, 0.1) is 0 Å². The number of carboxylic acids is 1. The fraction of sp³-hybridized carbons (Fsp3) is 0.200. The molecule has 6 heteroatoms. The van der Waals surface area contributed by atoms with Crippen LogP contribution in [0.15, 0.2) is 24.3 Å². The first-order valence-electron chi connectivity index (χ1n) is 4.17. The van der Waals surface area contributed by atoms with E-state index in [1.54, 1.807) is 24.3 Å². The fourth-order valence-electron chi connectivity index (χ4n) is 0.571. The zero-order chi connectivity index (χ0) is 11.8. The molecule has 0 aliphatic heterocycles. The number of rotatable bonds is 2. The molecule has 0 heterocycles. The molecule has 3 N–H and O–H groups in total. The van der Waals surface area contributed by atoms with Crippen LogP contribution in [0.4, 0.5) is 0 Å². The van der Waals surface area contributed by atoms with Crippen molar-refractivity contribution in [2.75, 3.05) is 0 Å². The minimum Gasteiger partial charge on any atom is -0.480 e. The Morgan fingerprint density at radius 2 is 1.94 bits per heavy atom. The number of carbonyl (C=O) groups excluding carboxylic acids is 1. The van der Waals surface area contributed by atoms with E-state index in [9.17, 15) is 9.59 Å². The van der Waals surface area contributed by atoms with E-state index < -0.39 is 12.0 Å². The van der Waals surface area contributed by atoms with Gasteiger partial charge in [0.15, 0.2) is 6.29 Å². The summed E-state index contributed by atoms with van der Waals surface area (Å²) in [5.74, 6) is -0.963. The summed E-state index contributed by atoms with van der Waals surface area (Å²) in [6, 6.07) is 6.19. The first kappa shape index (κ1) is 17.5. The minimum atomic E-state index is -0.963. The summed E-state index contributed by atoms with van der Waals surface area (Å²) in [5, 5.41) is 8.37. The maximum atomic E-state index is 10.1. The Hall–Kier alpha value is -0.871. The van der Waals surface area contributed by atoms with Crippen molar-refractivity contribution >= 4 is 23.9 Å². The van der Waals surface area contributed by atoms with Crippen LogP contribution in [0.5, 0.6) is 0 Å². The molecule has 93 valence electrons. The summed E-state index contributed by atoms with van der Waals surface area (Å²) in [5.41, 5.74) is 5.38. The molecule has 0 spiro atoms. The number of aliphatic carboxylic acids is 1. The average molecular weight is 293 g/mol. The monoisotopic (exact) mass is 292 g/mol. The maximum Gasteiger partial charge on any atom is 0.320 e. The zero-order valence-electron chi connectivity index (χ0n) is 8.48. The second kappa shape index (κ2) is 9.36. The standard InChI is InChI=1S/C7H5ClO.C3H7NO2.Cu/c8-7-4-2-1-3-6(7)5-9;1-2(4)3(5)6;/h1-5H;2H,4H2,1H3,(H,5,6);. The van der Waals surface area contributed by atoms with Crippen molar-refractivity contribution in [3.63, 3.8) is 0 Å². The van der Waals surface area contributed by atoms with Crippen LogP contribution in [-0.2, 0) is 21.9 Å². The van der Waals surface area contributed by atoms with E-state index in [4.69, 9.17) is 22.4 Å². The Morgan fingerprint density at radius 1 is 1.50 bits per heavy atom. The van der Waals surface area contributed by atoms with E-state index in [1.807, 2.05) is 0 Å². The first-order chi connectivity index (χ1) is 6.99. The van der Waals surface area contributed by atoms with Gasteiger partial charge < -0.3 is 10.8 Å². The molecule has 1 aromatic rings. The predicted octanol–water partition coefficient (Wildman–Crippen LogP) is 1.57. The molecule has 1 aromatic carbocycles. The Morgan fingerprint density at radius 3 is 2.19 bits per heavy atom. The van der Waals surface area contributed by atoms with Gasteiger partial charge in [0.25, 0.3) is 0 Å². The van der Waals surface area contributed by atoms with Gasteiger partial charge in [0.2, 0.25) is 0 Å². The molecule has 0 aromatic heterocycles. The Kier molecular flexibility index (Phi) is 10.3. The van der Waals surface area contributed by atoms with Crippen molar-refractivity contribution in [3.05, 3.63) is 34.9 Å². The number of hydrogen-bond acceptors (Lipinski definition) is 3. The molecule has 1 atom stereocenters. The van der Waals surface area contributed by atoms with Crippen LogP contribution in [0.1, 0.15) is 17.3 Å². The van der Waals surface area contributed by atoms with Gasteiger partial charge in [-0.2, -0.15) is 0 Å². The second-order valence-electron chi connectivity index (χ2n) is 2.77. The van der Waals surface area contributed by atoms with Crippen molar-refractivity contribution < 1.29 is 31.8 Å². The average Bonchev–Trinajstić information content (AvgIpc) is 2.19. The van der Waals surface area contributed by atoms with Crippen molar-refractivity contribution in [1.82, 2.24) is 0 Å². The Bertz CT molecular complexity index is 345. The van der Waals surface area contributed by atoms with Crippen LogP contribution < -0.4 is 5.73 Å². The van der Waals surface area contributed by atoms with Gasteiger partial charge in [0.1, 0.15) is 6.04 Å². The SMILES string of the molecule is CC(N)C(=O)O.O=Cc1ccccc1Cl.[Cu]. The van der Waals surface area contributed by atoms with Gasteiger partial charge in [-0.05, 0) is 13.0 Å². The van der Waals surface area contributed by atoms with E-state index in [0.29, 0.717) is 10.6 Å². The van der Waals surface area contributed by atoms with Gasteiger partial charge in [0.05, 0.1) is 5.02 Å². The van der Waals surface area contributed by atoms with Crippen molar-refractivity contribution in [3.8, 4) is 0 Å². The van der Waals surface area contributed by atoms with Gasteiger partial charge >= 0.3 is 5.97 Å². The van der Waals surface area contributed by atoms with Gasteiger partial charge in [-0.1, -0.05) is 29.8 Å². The number of carbonyl (C=O) groups is 2. The summed E-state index contributed by atoms with van der Waals surface area (Å²) in [6.45, 7) is 1.42. The molecule has 0 fully saturated rings. The van der Waals surface area contributed by atoms with Crippen LogP contribution in [0.3, 0.4) is 0 Å². The van der Waals surface area contributed by atoms with Crippen molar-refractivity contribution in [2.24, 2.45) is 5.73 Å². The Labute approximate surface area is 109 Å². The van der Waals surface area contributed by atoms with E-state index in [0.717, 1.165) is 6.29 Å². The van der Waals surface area contributed by atoms with Gasteiger partial charge in [-0.3, -0.25) is 9.59 Å². The van der Waals surface area contributed by atoms with Crippen LogP contribution in [0.25, 0.3) is 0 Å². The van der Waals surface area contributed by atoms with E-state index in [2.05, 4.69) is 0 Å². The number of hydrogen-bond donors (Lipinski definition) is 2. The molecule has 0 amide bonds. The minimum absolute atomic E-state index is 0. The molecule has 1 radical (unpaired) electrons. The predicted molar refractivity (Wildman–Crippen MR) is 58.1 cm³/mol. The van der Waals surface area contributed by atoms with E-state index in [-0.39, 0.29) is 17.1 Å². The van der Waals surface area contributed by atoms with Gasteiger partial charge in [0, 0.05) is 22.6 Å². The molecule has 0 saturated heterocycles. The third-order valence-corrected chi connectivity index (χ3v) is 1.77. The van der Waals surface area contributed by atoms with E-state index >= 15 is 0 Å². The topological polar surface area (TPSA) is 80.4 Å². The molecule has 0 bridgehead atoms. The maximum absolute atomic E-state index is 10.1. The van der Waals surface area contributed by atoms with E-state index in [1.165, 1.54) is 6.92 Å². The molecular weight excluding hydrogens is 281 g/mol. The molecule has 0 aliphatic carbocycles. The largest absolute Gasteiger partial charge is 0.480 e. The molecule has 1 unspecified atom stereocenters. The third-order valence-electron chi connectivity index (χ3n) is 1.42. The Balaban J connectivity index is 0. The second-order valence-corrected chi connectivity index (χ2v) is 3.17. The molecule has 0 saturated carbocycles. The summed E-state index contributed by atoms with van der Waals surface area (Å²) in [7, 11) is 0. The molecular formula is C10H12ClCuNO3. The number of aldehydes is 1.